The van der Waals surface area contributed by atoms with Crippen LogP contribution in [0, 0.1) is 13.8 Å². The summed E-state index contributed by atoms with van der Waals surface area (Å²) in [7, 11) is 0. The van der Waals surface area contributed by atoms with E-state index < -0.39 is 11.5 Å². The zero-order valence-electron chi connectivity index (χ0n) is 7.92. The molecule has 0 radical (unpaired) electrons. The van der Waals surface area contributed by atoms with Gasteiger partial charge in [-0.2, -0.15) is 0 Å². The van der Waals surface area contributed by atoms with Crippen LogP contribution in [-0.4, -0.2) is 21.2 Å². The number of rotatable bonds is 2. The van der Waals surface area contributed by atoms with E-state index in [0.29, 0.717) is 5.56 Å². The summed E-state index contributed by atoms with van der Waals surface area (Å²) in [6, 6.07) is 0. The highest BCUT2D eigenvalue weighted by Crippen LogP contribution is 2.19. The second kappa shape index (κ2) is 3.53. The van der Waals surface area contributed by atoms with Crippen molar-refractivity contribution in [2.75, 3.05) is 0 Å². The zero-order chi connectivity index (χ0) is 10.9. The fourth-order valence-electron chi connectivity index (χ4n) is 1.18. The maximum atomic E-state index is 11.2. The van der Waals surface area contributed by atoms with Crippen molar-refractivity contribution in [2.45, 2.75) is 20.3 Å². The minimum Gasteiger partial charge on any atom is -0.507 e. The molecular weight excluding hydrogens is 186 g/mol. The number of carboxylic acid groups (broad SMARTS) is 1. The highest BCUT2D eigenvalue weighted by molar-refractivity contribution is 5.70. The van der Waals surface area contributed by atoms with E-state index in [-0.39, 0.29) is 23.4 Å². The van der Waals surface area contributed by atoms with E-state index >= 15 is 0 Å². The average molecular weight is 197 g/mol. The molecule has 0 aliphatic carbocycles. The molecule has 0 aliphatic heterocycles. The summed E-state index contributed by atoms with van der Waals surface area (Å²) in [5, 5.41) is 18.0. The van der Waals surface area contributed by atoms with Gasteiger partial charge in [-0.25, -0.2) is 0 Å². The van der Waals surface area contributed by atoms with Gasteiger partial charge in [-0.15, -0.1) is 0 Å². The summed E-state index contributed by atoms with van der Waals surface area (Å²) in [5.74, 6) is -1.18. The lowest BCUT2D eigenvalue weighted by molar-refractivity contribution is -0.136. The summed E-state index contributed by atoms with van der Waals surface area (Å²) in [6.45, 7) is 3.04. The largest absolute Gasteiger partial charge is 0.507 e. The van der Waals surface area contributed by atoms with Gasteiger partial charge in [0.2, 0.25) is 0 Å². The number of H-pyrrole nitrogens is 1. The Kier molecular flexibility index (Phi) is 2.60. The van der Waals surface area contributed by atoms with Crippen LogP contribution in [0.3, 0.4) is 0 Å². The van der Waals surface area contributed by atoms with Crippen molar-refractivity contribution in [1.82, 2.24) is 4.98 Å². The Hall–Kier alpha value is -1.78. The summed E-state index contributed by atoms with van der Waals surface area (Å²) in [5.41, 5.74) is 0.399. The topological polar surface area (TPSA) is 90.4 Å². The van der Waals surface area contributed by atoms with E-state index in [1.165, 1.54) is 6.92 Å². The summed E-state index contributed by atoms with van der Waals surface area (Å²) in [4.78, 5) is 24.0. The highest BCUT2D eigenvalue weighted by atomic mass is 16.4. The minimum absolute atomic E-state index is 0.134. The van der Waals surface area contributed by atoms with Crippen LogP contribution in [-0.2, 0) is 11.2 Å². The molecule has 76 valence electrons. The summed E-state index contributed by atoms with van der Waals surface area (Å²) < 4.78 is 0. The molecule has 14 heavy (non-hydrogen) atoms. The first-order valence-corrected chi connectivity index (χ1v) is 4.06. The van der Waals surface area contributed by atoms with Gasteiger partial charge in [0, 0.05) is 11.3 Å². The Bertz CT molecular complexity index is 433. The standard InChI is InChI=1S/C9H11NO4/c1-4-6(3-7(11)12)10-9(14)5(2)8(4)13/h3H2,1-2H3,(H,11,12)(H2,10,13,14). The van der Waals surface area contributed by atoms with Crippen LogP contribution in [0.1, 0.15) is 16.8 Å². The van der Waals surface area contributed by atoms with Gasteiger partial charge >= 0.3 is 5.97 Å². The SMILES string of the molecule is Cc1c(CC(=O)O)[nH]c(=O)c(C)c1O. The molecule has 3 N–H and O–H groups in total. The Morgan fingerprint density at radius 1 is 1.36 bits per heavy atom. The van der Waals surface area contributed by atoms with Gasteiger partial charge in [-0.05, 0) is 13.8 Å². The maximum Gasteiger partial charge on any atom is 0.309 e. The lowest BCUT2D eigenvalue weighted by Gasteiger charge is -2.07. The molecule has 0 aromatic carbocycles. The van der Waals surface area contributed by atoms with Gasteiger partial charge < -0.3 is 15.2 Å². The summed E-state index contributed by atoms with van der Waals surface area (Å²) >= 11 is 0. The molecule has 0 saturated carbocycles. The van der Waals surface area contributed by atoms with Crippen molar-refractivity contribution < 1.29 is 15.0 Å². The number of carboxylic acids is 1. The fourth-order valence-corrected chi connectivity index (χ4v) is 1.18. The third-order valence-corrected chi connectivity index (χ3v) is 2.10. The van der Waals surface area contributed by atoms with Gasteiger partial charge in [0.25, 0.3) is 5.56 Å². The molecule has 0 spiro atoms. The molecule has 5 nitrogen and oxygen atoms in total. The molecule has 0 fully saturated rings. The van der Waals surface area contributed by atoms with Crippen molar-refractivity contribution in [2.24, 2.45) is 0 Å². The smallest absolute Gasteiger partial charge is 0.309 e. The molecule has 1 rings (SSSR count). The van der Waals surface area contributed by atoms with E-state index in [9.17, 15) is 14.7 Å². The monoisotopic (exact) mass is 197 g/mol. The first-order valence-electron chi connectivity index (χ1n) is 4.06. The Morgan fingerprint density at radius 3 is 2.43 bits per heavy atom. The minimum atomic E-state index is -1.05. The molecule has 0 aliphatic rings. The second-order valence-electron chi connectivity index (χ2n) is 3.10. The normalized spacial score (nSPS) is 10.1. The van der Waals surface area contributed by atoms with E-state index in [4.69, 9.17) is 5.11 Å². The first-order chi connectivity index (χ1) is 6.43. The van der Waals surface area contributed by atoms with Crippen molar-refractivity contribution in [3.8, 4) is 5.75 Å². The highest BCUT2D eigenvalue weighted by Gasteiger charge is 2.12. The number of hydrogen-bond acceptors (Lipinski definition) is 3. The lowest BCUT2D eigenvalue weighted by Crippen LogP contribution is -2.16. The number of hydrogen-bond donors (Lipinski definition) is 3. The molecule has 1 heterocycles. The molecule has 0 unspecified atom stereocenters. The van der Waals surface area contributed by atoms with Crippen LogP contribution >= 0.6 is 0 Å². The number of aromatic hydroxyl groups is 1. The lowest BCUT2D eigenvalue weighted by atomic mass is 10.1. The van der Waals surface area contributed by atoms with Crippen LogP contribution in [0.15, 0.2) is 4.79 Å². The van der Waals surface area contributed by atoms with Gasteiger partial charge in [-0.1, -0.05) is 0 Å². The number of aliphatic carboxylic acids is 1. The predicted molar refractivity (Wildman–Crippen MR) is 49.5 cm³/mol. The van der Waals surface area contributed by atoms with E-state index in [1.54, 1.807) is 6.92 Å². The molecule has 0 saturated heterocycles. The van der Waals surface area contributed by atoms with Crippen molar-refractivity contribution >= 4 is 5.97 Å². The fraction of sp³-hybridized carbons (Fsp3) is 0.333. The van der Waals surface area contributed by atoms with Gasteiger partial charge in [0.05, 0.1) is 12.0 Å². The zero-order valence-corrected chi connectivity index (χ0v) is 7.92. The van der Waals surface area contributed by atoms with Crippen LogP contribution in [0.25, 0.3) is 0 Å². The molecule has 1 aromatic heterocycles. The third-order valence-electron chi connectivity index (χ3n) is 2.10. The van der Waals surface area contributed by atoms with Crippen molar-refractivity contribution in [3.05, 3.63) is 27.2 Å². The molecule has 5 heteroatoms. The number of aromatic nitrogens is 1. The number of aromatic amines is 1. The number of nitrogens with one attached hydrogen (secondary N) is 1. The second-order valence-corrected chi connectivity index (χ2v) is 3.10. The first kappa shape index (κ1) is 10.3. The van der Waals surface area contributed by atoms with Gasteiger partial charge in [0.1, 0.15) is 5.75 Å². The van der Waals surface area contributed by atoms with Crippen LogP contribution in [0.2, 0.25) is 0 Å². The number of pyridine rings is 1. The van der Waals surface area contributed by atoms with E-state index in [1.807, 2.05) is 0 Å². The quantitative estimate of drug-likeness (QED) is 0.637. The summed E-state index contributed by atoms with van der Waals surface area (Å²) in [6.07, 6.45) is -0.297. The van der Waals surface area contributed by atoms with E-state index in [0.717, 1.165) is 0 Å². The molecule has 0 bridgehead atoms. The van der Waals surface area contributed by atoms with Crippen molar-refractivity contribution in [3.63, 3.8) is 0 Å². The average Bonchev–Trinajstić information content (AvgIpc) is 2.10. The van der Waals surface area contributed by atoms with Crippen LogP contribution in [0.4, 0.5) is 0 Å². The Balaban J connectivity index is 3.33. The molecule has 1 aromatic rings. The number of carbonyl (C=O) groups is 1. The van der Waals surface area contributed by atoms with Crippen LogP contribution < -0.4 is 5.56 Å². The maximum absolute atomic E-state index is 11.2. The Morgan fingerprint density at radius 2 is 1.93 bits per heavy atom. The van der Waals surface area contributed by atoms with Gasteiger partial charge in [0.15, 0.2) is 0 Å². The van der Waals surface area contributed by atoms with Crippen molar-refractivity contribution in [1.29, 1.82) is 0 Å². The Labute approximate surface area is 80.0 Å². The predicted octanol–water partition coefficient (Wildman–Crippen LogP) is 0.324. The third kappa shape index (κ3) is 1.76. The molecular formula is C9H11NO4. The molecule has 0 atom stereocenters. The van der Waals surface area contributed by atoms with Gasteiger partial charge in [-0.3, -0.25) is 9.59 Å². The van der Waals surface area contributed by atoms with Crippen LogP contribution in [0.5, 0.6) is 5.75 Å². The van der Waals surface area contributed by atoms with E-state index in [2.05, 4.69) is 4.98 Å². The molecule has 0 amide bonds.